The van der Waals surface area contributed by atoms with E-state index in [0.717, 1.165) is 5.56 Å². The Hall–Kier alpha value is -1.27. The summed E-state index contributed by atoms with van der Waals surface area (Å²) in [6.45, 7) is -3.12. The van der Waals surface area contributed by atoms with Gasteiger partial charge in [-0.1, -0.05) is 12.1 Å². The van der Waals surface area contributed by atoms with E-state index in [1.807, 2.05) is 0 Å². The van der Waals surface area contributed by atoms with Crippen LogP contribution in [-0.4, -0.2) is 57.1 Å². The van der Waals surface area contributed by atoms with Gasteiger partial charge in [0.15, 0.2) is 11.5 Å². The largest absolute Gasteiger partial charge is 0.504 e. The van der Waals surface area contributed by atoms with Crippen LogP contribution in [0.15, 0.2) is 24.7 Å². The van der Waals surface area contributed by atoms with E-state index < -0.39 is 48.3 Å². The molecule has 5 nitrogen and oxygen atoms in total. The first-order chi connectivity index (χ1) is 13.6. The summed E-state index contributed by atoms with van der Waals surface area (Å²) >= 11 is 0. The average Bonchev–Trinajstić information content (AvgIpc) is 3.01. The van der Waals surface area contributed by atoms with Crippen LogP contribution in [0.5, 0.6) is 11.5 Å². The van der Waals surface area contributed by atoms with E-state index in [1.165, 1.54) is 11.0 Å². The van der Waals surface area contributed by atoms with Crippen LogP contribution in [-0.2, 0) is 11.8 Å². The highest BCUT2D eigenvalue weighted by molar-refractivity contribution is 5.85. The zero-order valence-electron chi connectivity index (χ0n) is 18.5. The third-order valence-electron chi connectivity index (χ3n) is 6.63. The summed E-state index contributed by atoms with van der Waals surface area (Å²) in [5, 5.41) is 33.1. The minimum Gasteiger partial charge on any atom is -0.504 e. The Bertz CT molecular complexity index is 942. The van der Waals surface area contributed by atoms with E-state index in [-0.39, 0.29) is 50.4 Å². The quantitative estimate of drug-likeness (QED) is 0.688. The molecular weight excluding hydrogens is 342 g/mol. The molecule has 5 rings (SSSR count). The molecule has 2 aliphatic carbocycles. The molecule has 0 amide bonds. The van der Waals surface area contributed by atoms with Gasteiger partial charge in [0.1, 0.15) is 6.10 Å². The van der Waals surface area contributed by atoms with Gasteiger partial charge in [0, 0.05) is 20.8 Å². The summed E-state index contributed by atoms with van der Waals surface area (Å²) in [4.78, 5) is 1.40. The van der Waals surface area contributed by atoms with Gasteiger partial charge in [0.2, 0.25) is 0 Å². The van der Waals surface area contributed by atoms with E-state index in [0.29, 0.717) is 11.3 Å². The highest BCUT2D eigenvalue weighted by Crippen LogP contribution is 2.65. The molecule has 5 atom stereocenters. The Morgan fingerprint density at radius 1 is 1.52 bits per heavy atom. The van der Waals surface area contributed by atoms with E-state index >= 15 is 0 Å². The number of aliphatic hydroxyl groups excluding tert-OH is 1. The smallest absolute Gasteiger partial charge is 0.165 e. The number of ether oxygens (including phenoxy) is 1. The molecule has 4 aliphatic rings. The monoisotopic (exact) mass is 370 g/mol. The van der Waals surface area contributed by atoms with Crippen LogP contribution in [0.4, 0.5) is 0 Å². The molecule has 1 saturated heterocycles. The second kappa shape index (κ2) is 5.36. The molecular formula is C19H24ClNO4. The van der Waals surface area contributed by atoms with Crippen molar-refractivity contribution in [2.45, 2.75) is 54.9 Å². The van der Waals surface area contributed by atoms with Crippen molar-refractivity contribution in [1.82, 2.24) is 4.90 Å². The predicted octanol–water partition coefficient (Wildman–Crippen LogP) is 1.51. The number of rotatable bonds is 2. The number of piperidine rings is 1. The van der Waals surface area contributed by atoms with E-state index in [2.05, 4.69) is 0 Å². The third-order valence-corrected chi connectivity index (χ3v) is 6.63. The van der Waals surface area contributed by atoms with Gasteiger partial charge in [-0.2, -0.15) is 0 Å². The first-order valence-corrected chi connectivity index (χ1v) is 8.39. The lowest BCUT2D eigenvalue weighted by Gasteiger charge is -2.63. The summed E-state index contributed by atoms with van der Waals surface area (Å²) in [7, 11) is 0. The summed E-state index contributed by atoms with van der Waals surface area (Å²) in [6.07, 6.45) is -0.517. The Balaban J connectivity index is 0.00000218. The lowest BCUT2D eigenvalue weighted by Crippen LogP contribution is -2.77. The van der Waals surface area contributed by atoms with Crippen molar-refractivity contribution in [2.24, 2.45) is 0 Å². The lowest BCUT2D eigenvalue weighted by molar-refractivity contribution is -0.206. The maximum absolute atomic E-state index is 12.0. The normalized spacial score (nSPS) is 43.9. The number of phenols is 1. The number of aromatic hydroxyl groups is 1. The van der Waals surface area contributed by atoms with Crippen molar-refractivity contribution in [2.75, 3.05) is 13.0 Å². The molecule has 2 fully saturated rings. The summed E-state index contributed by atoms with van der Waals surface area (Å²) in [6, 6.07) is 1.79. The summed E-state index contributed by atoms with van der Waals surface area (Å²) in [5.41, 5.74) is -0.875. The number of phenolic OH excluding ortho intramolecular Hbond substituents is 1. The lowest BCUT2D eigenvalue weighted by atomic mass is 9.48. The molecule has 136 valence electrons. The molecule has 0 unspecified atom stereocenters. The minimum absolute atomic E-state index is 0. The van der Waals surface area contributed by atoms with Gasteiger partial charge in [0.25, 0.3) is 0 Å². The van der Waals surface area contributed by atoms with Gasteiger partial charge in [-0.3, -0.25) is 4.90 Å². The van der Waals surface area contributed by atoms with E-state index in [1.54, 1.807) is 6.07 Å². The van der Waals surface area contributed by atoms with Gasteiger partial charge in [-0.25, -0.2) is 0 Å². The fraction of sp³-hybridized carbons (Fsp3) is 0.579. The molecule has 2 aliphatic heterocycles. The van der Waals surface area contributed by atoms with Crippen LogP contribution >= 0.6 is 12.4 Å². The van der Waals surface area contributed by atoms with Crippen LogP contribution in [0.1, 0.15) is 37.2 Å². The second-order valence-corrected chi connectivity index (χ2v) is 7.39. The average molecular weight is 371 g/mol. The molecule has 3 N–H and O–H groups in total. The van der Waals surface area contributed by atoms with Crippen LogP contribution in [0.25, 0.3) is 0 Å². The van der Waals surface area contributed by atoms with Crippen LogP contribution in [0, 0.1) is 0 Å². The Kier molecular flexibility index (Phi) is 2.61. The van der Waals surface area contributed by atoms with Crippen LogP contribution < -0.4 is 4.74 Å². The number of hydrogen-bond acceptors (Lipinski definition) is 5. The molecule has 1 saturated carbocycles. The van der Waals surface area contributed by atoms with Crippen molar-refractivity contribution in [3.05, 3.63) is 35.8 Å². The molecule has 1 aromatic rings. The maximum Gasteiger partial charge on any atom is 0.165 e. The Labute approximate surface area is 160 Å². The zero-order valence-corrected chi connectivity index (χ0v) is 14.3. The maximum atomic E-state index is 12.0. The van der Waals surface area contributed by atoms with E-state index in [4.69, 9.17) is 11.6 Å². The predicted molar refractivity (Wildman–Crippen MR) is 95.5 cm³/mol. The first-order valence-electron chi connectivity index (χ1n) is 10.9. The molecule has 6 heteroatoms. The second-order valence-electron chi connectivity index (χ2n) is 7.39. The van der Waals surface area contributed by atoms with Gasteiger partial charge < -0.3 is 20.1 Å². The fourth-order valence-corrected chi connectivity index (χ4v) is 5.72. The topological polar surface area (TPSA) is 73.2 Å². The van der Waals surface area contributed by atoms with Gasteiger partial charge in [-0.15, -0.1) is 18.9 Å². The van der Waals surface area contributed by atoms with Crippen molar-refractivity contribution >= 4 is 12.4 Å². The number of hydrogen-bond donors (Lipinski definition) is 3. The van der Waals surface area contributed by atoms with Crippen LogP contribution in [0.2, 0.25) is 0 Å². The number of nitrogens with zero attached hydrogens (tertiary/aromatic N) is 1. The molecule has 25 heavy (non-hydrogen) atoms. The summed E-state index contributed by atoms with van der Waals surface area (Å²) in [5.74, 6) is 0.255. The highest BCUT2D eigenvalue weighted by Gasteiger charge is 2.72. The molecule has 0 aromatic heterocycles. The Morgan fingerprint density at radius 3 is 3.16 bits per heavy atom. The van der Waals surface area contributed by atoms with Crippen molar-refractivity contribution < 1.29 is 26.9 Å². The number of aliphatic hydroxyl groups is 2. The number of likely N-dealkylation sites (tertiary alicyclic amines) is 1. The SMILES string of the molecule is Cl.[2H]C([2H])=C([2H])C([2H])([2H])N1CC[C@]23c4c5ccc(O)c4O[C@H]2[C@H](O)CC[C@@]3(O)[C@H]1C5. The molecule has 2 bridgehead atoms. The van der Waals surface area contributed by atoms with Crippen molar-refractivity contribution in [1.29, 1.82) is 0 Å². The molecule has 1 spiro atoms. The van der Waals surface area contributed by atoms with Gasteiger partial charge in [0.05, 0.1) is 21.2 Å². The van der Waals surface area contributed by atoms with Gasteiger partial charge in [-0.05, 0) is 43.9 Å². The van der Waals surface area contributed by atoms with Crippen molar-refractivity contribution in [3.63, 3.8) is 0 Å². The fourth-order valence-electron chi connectivity index (χ4n) is 5.72. The summed E-state index contributed by atoms with van der Waals surface area (Å²) < 4.78 is 45.7. The molecule has 1 aromatic carbocycles. The Morgan fingerprint density at radius 2 is 2.36 bits per heavy atom. The number of halogens is 1. The number of benzene rings is 1. The highest BCUT2D eigenvalue weighted by atomic mass is 35.5. The van der Waals surface area contributed by atoms with Gasteiger partial charge >= 0.3 is 0 Å². The third kappa shape index (κ3) is 1.80. The molecule has 0 radical (unpaired) electrons. The molecule has 2 heterocycles. The van der Waals surface area contributed by atoms with Crippen LogP contribution in [0.3, 0.4) is 0 Å². The van der Waals surface area contributed by atoms with E-state index in [9.17, 15) is 15.3 Å². The zero-order chi connectivity index (χ0) is 20.9. The minimum atomic E-state index is -2.39. The standard InChI is InChI=1S/C19H23NO4.ClH/c1-2-8-20-9-7-18-15-11-3-4-12(21)16(15)24-17(18)13(22)5-6-19(18,23)14(20)10-11;/h2-4,13-14,17,21-23H,1,5-10H2;1H/t13-,14-,17+,18+,19-;/m1./s1/i1D2,2D,8D2;. The first kappa shape index (κ1) is 12.2. The van der Waals surface area contributed by atoms with Crippen molar-refractivity contribution in [3.8, 4) is 11.5 Å².